The summed E-state index contributed by atoms with van der Waals surface area (Å²) in [6, 6.07) is 73.0. The number of hydrogen-bond acceptors (Lipinski definition) is 2. The van der Waals surface area contributed by atoms with Crippen LogP contribution in [-0.2, 0) is 0 Å². The van der Waals surface area contributed by atoms with Gasteiger partial charge in [-0.2, -0.15) is 0 Å². The average molecular weight is 680 g/mol. The Morgan fingerprint density at radius 1 is 0.269 bits per heavy atom. The summed E-state index contributed by atoms with van der Waals surface area (Å²) in [4.78, 5) is 2.38. The Balaban J connectivity index is 1.04. The van der Waals surface area contributed by atoms with Gasteiger partial charge in [-0.1, -0.05) is 133 Å². The van der Waals surface area contributed by atoms with E-state index in [2.05, 4.69) is 205 Å². The molecule has 0 N–H and O–H groups in total. The summed E-state index contributed by atoms with van der Waals surface area (Å²) in [6.07, 6.45) is 0. The van der Waals surface area contributed by atoms with E-state index in [9.17, 15) is 0 Å². The second-order valence-corrected chi connectivity index (χ2v) is 14.5. The minimum atomic E-state index is 1.12. The molecule has 0 aliphatic heterocycles. The molecular formula is C50H33NS. The molecule has 1 nitrogen and oxygen atoms in total. The number of rotatable bonds is 6. The summed E-state index contributed by atoms with van der Waals surface area (Å²) in [5, 5.41) is 7.63. The maximum Gasteiger partial charge on any atom is 0.0468 e. The van der Waals surface area contributed by atoms with Crippen LogP contribution in [0.25, 0.3) is 75.1 Å². The summed E-state index contributed by atoms with van der Waals surface area (Å²) in [7, 11) is 0. The molecule has 244 valence electrons. The second kappa shape index (κ2) is 12.7. The Morgan fingerprint density at radius 2 is 0.731 bits per heavy atom. The molecule has 2 heteroatoms. The van der Waals surface area contributed by atoms with E-state index in [1.165, 1.54) is 75.1 Å². The van der Waals surface area contributed by atoms with E-state index in [1.807, 2.05) is 11.3 Å². The van der Waals surface area contributed by atoms with E-state index in [0.29, 0.717) is 0 Å². The van der Waals surface area contributed by atoms with Crippen LogP contribution < -0.4 is 4.90 Å². The van der Waals surface area contributed by atoms with Crippen molar-refractivity contribution in [1.82, 2.24) is 0 Å². The van der Waals surface area contributed by atoms with Gasteiger partial charge in [0.2, 0.25) is 0 Å². The number of hydrogen-bond donors (Lipinski definition) is 0. The molecule has 0 fully saturated rings. The zero-order chi connectivity index (χ0) is 34.4. The molecule has 52 heavy (non-hydrogen) atoms. The van der Waals surface area contributed by atoms with Gasteiger partial charge in [-0.3, -0.25) is 0 Å². The number of benzene rings is 9. The molecule has 0 unspecified atom stereocenters. The van der Waals surface area contributed by atoms with Gasteiger partial charge in [0, 0.05) is 37.2 Å². The maximum atomic E-state index is 2.38. The first-order valence-corrected chi connectivity index (χ1v) is 18.6. The van der Waals surface area contributed by atoms with Crippen LogP contribution in [0, 0.1) is 0 Å². The van der Waals surface area contributed by atoms with Crippen LogP contribution in [-0.4, -0.2) is 0 Å². The van der Waals surface area contributed by atoms with Crippen molar-refractivity contribution in [3.8, 4) is 33.4 Å². The molecule has 10 rings (SSSR count). The van der Waals surface area contributed by atoms with E-state index < -0.39 is 0 Å². The lowest BCUT2D eigenvalue weighted by molar-refractivity contribution is 1.29. The molecule has 9 aromatic carbocycles. The van der Waals surface area contributed by atoms with Crippen LogP contribution in [0.15, 0.2) is 200 Å². The third kappa shape index (κ3) is 5.51. The molecule has 0 spiro atoms. The van der Waals surface area contributed by atoms with Crippen molar-refractivity contribution in [2.75, 3.05) is 4.90 Å². The fraction of sp³-hybridized carbons (Fsp3) is 0. The first-order chi connectivity index (χ1) is 25.7. The third-order valence-electron chi connectivity index (χ3n) is 10.2. The molecule has 0 atom stereocenters. The van der Waals surface area contributed by atoms with Crippen molar-refractivity contribution in [2.24, 2.45) is 0 Å². The van der Waals surface area contributed by atoms with Crippen molar-refractivity contribution in [3.05, 3.63) is 200 Å². The van der Waals surface area contributed by atoms with Gasteiger partial charge in [0.25, 0.3) is 0 Å². The molecule has 0 bridgehead atoms. The molecule has 0 aliphatic carbocycles. The van der Waals surface area contributed by atoms with E-state index in [-0.39, 0.29) is 0 Å². The van der Waals surface area contributed by atoms with Crippen LogP contribution in [0.3, 0.4) is 0 Å². The van der Waals surface area contributed by atoms with Gasteiger partial charge in [0.1, 0.15) is 0 Å². The van der Waals surface area contributed by atoms with Crippen molar-refractivity contribution in [3.63, 3.8) is 0 Å². The van der Waals surface area contributed by atoms with Crippen LogP contribution in [0.5, 0.6) is 0 Å². The Kier molecular flexibility index (Phi) is 7.41. The maximum absolute atomic E-state index is 2.38. The minimum absolute atomic E-state index is 1.12. The van der Waals surface area contributed by atoms with Crippen molar-refractivity contribution < 1.29 is 0 Å². The van der Waals surface area contributed by atoms with E-state index in [0.717, 1.165) is 17.1 Å². The van der Waals surface area contributed by atoms with Crippen molar-refractivity contribution in [2.45, 2.75) is 0 Å². The number of thiophene rings is 1. The normalized spacial score (nSPS) is 11.5. The third-order valence-corrected chi connectivity index (χ3v) is 11.4. The largest absolute Gasteiger partial charge is 0.310 e. The average Bonchev–Trinajstić information content (AvgIpc) is 3.59. The smallest absolute Gasteiger partial charge is 0.0468 e. The lowest BCUT2D eigenvalue weighted by Gasteiger charge is -2.26. The van der Waals surface area contributed by atoms with Gasteiger partial charge in [-0.05, 0) is 122 Å². The number of fused-ring (bicyclic) bond motifs is 5. The molecule has 0 aliphatic rings. The second-order valence-electron chi connectivity index (χ2n) is 13.4. The Bertz CT molecular complexity index is 2900. The fourth-order valence-corrected chi connectivity index (χ4v) is 8.61. The molecule has 1 heterocycles. The first kappa shape index (κ1) is 30.4. The van der Waals surface area contributed by atoms with Crippen molar-refractivity contribution in [1.29, 1.82) is 0 Å². The molecule has 0 saturated carbocycles. The summed E-state index contributed by atoms with van der Waals surface area (Å²) in [5.74, 6) is 0. The summed E-state index contributed by atoms with van der Waals surface area (Å²) in [5.41, 5.74) is 10.6. The lowest BCUT2D eigenvalue weighted by Crippen LogP contribution is -2.09. The highest BCUT2D eigenvalue weighted by atomic mass is 32.1. The number of anilines is 3. The van der Waals surface area contributed by atoms with Crippen molar-refractivity contribution >= 4 is 70.1 Å². The molecule has 0 saturated heterocycles. The first-order valence-electron chi connectivity index (χ1n) is 17.7. The standard InChI is InChI=1S/C50H33NS/c1-3-10-38-31-42(18-16-34(38)8-1)37-22-26-45(27-23-37)51(46-28-29-50-48(33-46)47-14-5-6-15-49(47)52-50)44-24-20-36(21-25-44)40-12-7-13-41(30-40)43-19-17-35-9-2-4-11-39(35)32-43/h1-33H. The van der Waals surface area contributed by atoms with Gasteiger partial charge in [-0.25, -0.2) is 0 Å². The van der Waals surface area contributed by atoms with Gasteiger partial charge < -0.3 is 4.90 Å². The SMILES string of the molecule is c1cc(-c2ccc(N(c3ccc(-c4ccc5ccccc5c4)cc3)c3ccc4sc5ccccc5c4c3)cc2)cc(-c2ccc3ccccc3c2)c1. The van der Waals surface area contributed by atoms with E-state index in [1.54, 1.807) is 0 Å². The fourth-order valence-electron chi connectivity index (χ4n) is 7.52. The zero-order valence-corrected chi connectivity index (χ0v) is 29.2. The van der Waals surface area contributed by atoms with Crippen LogP contribution in [0.4, 0.5) is 17.1 Å². The van der Waals surface area contributed by atoms with Gasteiger partial charge in [-0.15, -0.1) is 11.3 Å². The Morgan fingerprint density at radius 3 is 1.37 bits per heavy atom. The topological polar surface area (TPSA) is 3.24 Å². The molecule has 0 radical (unpaired) electrons. The highest BCUT2D eigenvalue weighted by molar-refractivity contribution is 7.25. The quantitative estimate of drug-likeness (QED) is 0.169. The zero-order valence-electron chi connectivity index (χ0n) is 28.4. The molecule has 1 aromatic heterocycles. The Labute approximate surface area is 307 Å². The highest BCUT2D eigenvalue weighted by Gasteiger charge is 2.16. The lowest BCUT2D eigenvalue weighted by atomic mass is 9.97. The van der Waals surface area contributed by atoms with Crippen LogP contribution in [0.2, 0.25) is 0 Å². The molecule has 0 amide bonds. The summed E-state index contributed by atoms with van der Waals surface area (Å²) in [6.45, 7) is 0. The molecular weight excluding hydrogens is 647 g/mol. The number of nitrogens with zero attached hydrogens (tertiary/aromatic N) is 1. The van der Waals surface area contributed by atoms with Gasteiger partial charge >= 0.3 is 0 Å². The van der Waals surface area contributed by atoms with Crippen LogP contribution in [0.1, 0.15) is 0 Å². The van der Waals surface area contributed by atoms with Gasteiger partial charge in [0.05, 0.1) is 0 Å². The van der Waals surface area contributed by atoms with Gasteiger partial charge in [0.15, 0.2) is 0 Å². The predicted octanol–water partition coefficient (Wildman–Crippen LogP) is 14.8. The van der Waals surface area contributed by atoms with E-state index in [4.69, 9.17) is 0 Å². The summed E-state index contributed by atoms with van der Waals surface area (Å²) >= 11 is 1.85. The monoisotopic (exact) mass is 679 g/mol. The molecule has 10 aromatic rings. The highest BCUT2D eigenvalue weighted by Crippen LogP contribution is 2.41. The summed E-state index contributed by atoms with van der Waals surface area (Å²) < 4.78 is 2.62. The predicted molar refractivity (Wildman–Crippen MR) is 225 cm³/mol. The van der Waals surface area contributed by atoms with E-state index >= 15 is 0 Å². The van der Waals surface area contributed by atoms with Crippen LogP contribution >= 0.6 is 11.3 Å². The Hall–Kier alpha value is -6.48. The minimum Gasteiger partial charge on any atom is -0.310 e.